The molecule has 1 saturated carbocycles. The molecule has 0 amide bonds. The van der Waals surface area contributed by atoms with Crippen molar-refractivity contribution in [2.45, 2.75) is 49.9 Å². The average Bonchev–Trinajstić information content (AvgIpc) is 2.95. The number of aliphatic hydroxyl groups is 1. The molecule has 0 saturated heterocycles. The van der Waals surface area contributed by atoms with Crippen molar-refractivity contribution < 1.29 is 9.52 Å². The normalized spacial score (nSPS) is 17.8. The van der Waals surface area contributed by atoms with E-state index < -0.39 is 5.60 Å². The standard InChI is InChI=1S/C16H20N2O2S/c1-12-7-3-4-8-13(12)14-17-18-15(20-14)21-11-16(19)9-5-2-6-10-16/h3-4,7-8,19H,2,5-6,9-11H2,1H3. The first-order valence-corrected chi connectivity index (χ1v) is 8.40. The Morgan fingerprint density at radius 2 is 1.95 bits per heavy atom. The minimum absolute atomic E-state index is 0.534. The van der Waals surface area contributed by atoms with Crippen molar-refractivity contribution in [3.8, 4) is 11.5 Å². The van der Waals surface area contributed by atoms with Gasteiger partial charge in [-0.2, -0.15) is 0 Å². The SMILES string of the molecule is Cc1ccccc1-c1nnc(SCC2(O)CCCCC2)o1. The Hall–Kier alpha value is -1.33. The molecule has 1 aliphatic carbocycles. The maximum absolute atomic E-state index is 10.5. The van der Waals surface area contributed by atoms with E-state index in [1.54, 1.807) is 0 Å². The first-order chi connectivity index (χ1) is 10.2. The molecule has 0 unspecified atom stereocenters. The number of benzene rings is 1. The molecule has 0 radical (unpaired) electrons. The highest BCUT2D eigenvalue weighted by Crippen LogP contribution is 2.34. The minimum atomic E-state index is -0.569. The maximum Gasteiger partial charge on any atom is 0.276 e. The van der Waals surface area contributed by atoms with Crippen molar-refractivity contribution >= 4 is 11.8 Å². The van der Waals surface area contributed by atoms with Crippen molar-refractivity contribution in [3.63, 3.8) is 0 Å². The number of hydrogen-bond donors (Lipinski definition) is 1. The summed E-state index contributed by atoms with van der Waals surface area (Å²) in [5, 5.41) is 19.2. The van der Waals surface area contributed by atoms with Crippen molar-refractivity contribution in [3.05, 3.63) is 29.8 Å². The summed E-state index contributed by atoms with van der Waals surface area (Å²) >= 11 is 1.46. The molecule has 0 bridgehead atoms. The Bertz CT molecular complexity index is 606. The Balaban J connectivity index is 1.67. The molecule has 1 aromatic carbocycles. The van der Waals surface area contributed by atoms with Gasteiger partial charge in [-0.1, -0.05) is 49.2 Å². The fourth-order valence-corrected chi connectivity index (χ4v) is 3.66. The summed E-state index contributed by atoms with van der Waals surface area (Å²) in [7, 11) is 0. The molecule has 1 aromatic heterocycles. The van der Waals surface area contributed by atoms with E-state index in [9.17, 15) is 5.11 Å². The zero-order valence-electron chi connectivity index (χ0n) is 12.2. The first kappa shape index (κ1) is 14.6. The zero-order valence-corrected chi connectivity index (χ0v) is 13.0. The van der Waals surface area contributed by atoms with E-state index in [4.69, 9.17) is 4.42 Å². The second-order valence-corrected chi connectivity index (χ2v) is 6.69. The Kier molecular flexibility index (Phi) is 4.31. The monoisotopic (exact) mass is 304 g/mol. The molecule has 21 heavy (non-hydrogen) atoms. The van der Waals surface area contributed by atoms with Gasteiger partial charge in [0.1, 0.15) is 0 Å². The van der Waals surface area contributed by atoms with Crippen LogP contribution >= 0.6 is 11.8 Å². The predicted molar refractivity (Wildman–Crippen MR) is 83.2 cm³/mol. The largest absolute Gasteiger partial charge is 0.411 e. The second-order valence-electron chi connectivity index (χ2n) is 5.76. The van der Waals surface area contributed by atoms with E-state index in [2.05, 4.69) is 10.2 Å². The van der Waals surface area contributed by atoms with Gasteiger partial charge in [-0.25, -0.2) is 0 Å². The van der Waals surface area contributed by atoms with Crippen LogP contribution in [0.1, 0.15) is 37.7 Å². The molecule has 2 aromatic rings. The van der Waals surface area contributed by atoms with Crippen LogP contribution in [-0.2, 0) is 0 Å². The van der Waals surface area contributed by atoms with E-state index in [1.165, 1.54) is 18.2 Å². The third kappa shape index (κ3) is 3.47. The molecule has 1 fully saturated rings. The van der Waals surface area contributed by atoms with Gasteiger partial charge in [-0.3, -0.25) is 0 Å². The van der Waals surface area contributed by atoms with Crippen LogP contribution in [0, 0.1) is 6.92 Å². The molecule has 112 valence electrons. The van der Waals surface area contributed by atoms with Crippen LogP contribution in [0.3, 0.4) is 0 Å². The fraction of sp³-hybridized carbons (Fsp3) is 0.500. The lowest BCUT2D eigenvalue weighted by Crippen LogP contribution is -2.33. The molecular weight excluding hydrogens is 284 g/mol. The van der Waals surface area contributed by atoms with Crippen LogP contribution < -0.4 is 0 Å². The molecule has 5 heteroatoms. The first-order valence-electron chi connectivity index (χ1n) is 7.41. The van der Waals surface area contributed by atoms with Crippen LogP contribution in [0.25, 0.3) is 11.5 Å². The summed E-state index contributed by atoms with van der Waals surface area (Å²) in [6, 6.07) is 7.95. The summed E-state index contributed by atoms with van der Waals surface area (Å²) in [5.74, 6) is 1.17. The van der Waals surface area contributed by atoms with Crippen molar-refractivity contribution in [1.29, 1.82) is 0 Å². The van der Waals surface area contributed by atoms with Crippen LogP contribution in [0.2, 0.25) is 0 Å². The van der Waals surface area contributed by atoms with Gasteiger partial charge in [-0.15, -0.1) is 10.2 Å². The van der Waals surface area contributed by atoms with E-state index in [0.717, 1.165) is 36.8 Å². The van der Waals surface area contributed by atoms with Gasteiger partial charge >= 0.3 is 0 Å². The number of thioether (sulfide) groups is 1. The predicted octanol–water partition coefficient (Wildman–Crippen LogP) is 3.83. The number of hydrogen-bond acceptors (Lipinski definition) is 5. The van der Waals surface area contributed by atoms with Crippen LogP contribution in [-0.4, -0.2) is 26.7 Å². The Labute approximate surface area is 129 Å². The molecular formula is C16H20N2O2S. The van der Waals surface area contributed by atoms with Gasteiger partial charge in [0.2, 0.25) is 5.89 Å². The summed E-state index contributed by atoms with van der Waals surface area (Å²) in [5.41, 5.74) is 1.51. The number of nitrogens with zero attached hydrogens (tertiary/aromatic N) is 2. The Morgan fingerprint density at radius 1 is 1.19 bits per heavy atom. The van der Waals surface area contributed by atoms with Crippen LogP contribution in [0.4, 0.5) is 0 Å². The lowest BCUT2D eigenvalue weighted by atomic mass is 9.86. The third-order valence-corrected chi connectivity index (χ3v) is 5.12. The number of rotatable bonds is 4. The van der Waals surface area contributed by atoms with Crippen LogP contribution in [0.15, 0.2) is 33.9 Å². The highest BCUT2D eigenvalue weighted by molar-refractivity contribution is 7.99. The van der Waals surface area contributed by atoms with Gasteiger partial charge in [0.25, 0.3) is 5.22 Å². The van der Waals surface area contributed by atoms with Gasteiger partial charge in [0, 0.05) is 11.3 Å². The number of aromatic nitrogens is 2. The van der Waals surface area contributed by atoms with E-state index in [-0.39, 0.29) is 0 Å². The molecule has 0 spiro atoms. The quantitative estimate of drug-likeness (QED) is 0.870. The molecule has 4 nitrogen and oxygen atoms in total. The molecule has 1 heterocycles. The topological polar surface area (TPSA) is 59.2 Å². The van der Waals surface area contributed by atoms with E-state index in [0.29, 0.717) is 16.9 Å². The number of aryl methyl sites for hydroxylation is 1. The van der Waals surface area contributed by atoms with Crippen molar-refractivity contribution in [1.82, 2.24) is 10.2 Å². The highest BCUT2D eigenvalue weighted by atomic mass is 32.2. The smallest absolute Gasteiger partial charge is 0.276 e. The highest BCUT2D eigenvalue weighted by Gasteiger charge is 2.30. The summed E-state index contributed by atoms with van der Waals surface area (Å²) in [6.07, 6.45) is 5.19. The fourth-order valence-electron chi connectivity index (χ4n) is 2.74. The lowest BCUT2D eigenvalue weighted by Gasteiger charge is -2.31. The molecule has 0 aliphatic heterocycles. The van der Waals surface area contributed by atoms with Gasteiger partial charge in [0.15, 0.2) is 0 Å². The second kappa shape index (κ2) is 6.20. The minimum Gasteiger partial charge on any atom is -0.411 e. The zero-order chi connectivity index (χ0) is 14.7. The molecule has 3 rings (SSSR count). The molecule has 1 aliphatic rings. The van der Waals surface area contributed by atoms with Crippen LogP contribution in [0.5, 0.6) is 0 Å². The lowest BCUT2D eigenvalue weighted by molar-refractivity contribution is 0.0271. The maximum atomic E-state index is 10.5. The average molecular weight is 304 g/mol. The summed E-state index contributed by atoms with van der Waals surface area (Å²) in [4.78, 5) is 0. The molecule has 1 N–H and O–H groups in total. The van der Waals surface area contributed by atoms with E-state index >= 15 is 0 Å². The van der Waals surface area contributed by atoms with Crippen molar-refractivity contribution in [2.24, 2.45) is 0 Å². The third-order valence-electron chi connectivity index (χ3n) is 4.03. The Morgan fingerprint density at radius 3 is 2.71 bits per heavy atom. The van der Waals surface area contributed by atoms with Gasteiger partial charge in [0.05, 0.1) is 5.60 Å². The van der Waals surface area contributed by atoms with Crippen molar-refractivity contribution in [2.75, 3.05) is 5.75 Å². The van der Waals surface area contributed by atoms with Gasteiger partial charge in [-0.05, 0) is 31.4 Å². The molecule has 0 atom stereocenters. The summed E-state index contributed by atoms with van der Waals surface area (Å²) < 4.78 is 5.72. The summed E-state index contributed by atoms with van der Waals surface area (Å²) in [6.45, 7) is 2.02. The van der Waals surface area contributed by atoms with E-state index in [1.807, 2.05) is 31.2 Å². The van der Waals surface area contributed by atoms with Gasteiger partial charge < -0.3 is 9.52 Å².